The summed E-state index contributed by atoms with van der Waals surface area (Å²) in [4.78, 5) is 4.55. The van der Waals surface area contributed by atoms with E-state index in [1.54, 1.807) is 13.2 Å². The van der Waals surface area contributed by atoms with Crippen molar-refractivity contribution in [3.63, 3.8) is 0 Å². The van der Waals surface area contributed by atoms with Crippen LogP contribution in [-0.2, 0) is 49.9 Å². The quantitative estimate of drug-likeness (QED) is 0.206. The van der Waals surface area contributed by atoms with Crippen LogP contribution in [0.15, 0.2) is 71.1 Å². The van der Waals surface area contributed by atoms with E-state index in [0.717, 1.165) is 52.3 Å². The first kappa shape index (κ1) is 31.7. The van der Waals surface area contributed by atoms with Gasteiger partial charge in [0.25, 0.3) is 10.2 Å². The van der Waals surface area contributed by atoms with Crippen molar-refractivity contribution in [1.29, 1.82) is 0 Å². The molecule has 0 aliphatic carbocycles. The zero-order valence-electron chi connectivity index (χ0n) is 22.8. The Morgan fingerprint density at radius 2 is 1.61 bits per heavy atom. The number of halogens is 3. The molecule has 3 N–H and O–H groups in total. The Hall–Kier alpha value is -3.74. The predicted molar refractivity (Wildman–Crippen MR) is 156 cm³/mol. The molecule has 5 aromatic rings. The fourth-order valence-corrected chi connectivity index (χ4v) is 7.87. The van der Waals surface area contributed by atoms with Gasteiger partial charge in [-0.25, -0.2) is 18.5 Å². The van der Waals surface area contributed by atoms with E-state index in [4.69, 9.17) is 14.3 Å². The minimum Gasteiger partial charge on any atom is -0.423 e. The second-order valence-corrected chi connectivity index (χ2v) is 14.2. The number of nitrogens with zero attached hydrogens (tertiary/aromatic N) is 3. The van der Waals surface area contributed by atoms with Crippen molar-refractivity contribution in [3.05, 3.63) is 100 Å². The summed E-state index contributed by atoms with van der Waals surface area (Å²) in [6.45, 7) is -0.00173. The fraction of sp³-hybridized carbons (Fsp3) is 0.222. The normalized spacial score (nSPS) is 13.4. The van der Waals surface area contributed by atoms with Crippen molar-refractivity contribution in [3.8, 4) is 11.1 Å². The van der Waals surface area contributed by atoms with Gasteiger partial charge < -0.3 is 9.15 Å². The van der Waals surface area contributed by atoms with E-state index in [2.05, 4.69) is 15.2 Å². The largest absolute Gasteiger partial charge is 0.423 e. The molecule has 0 aliphatic heterocycles. The summed E-state index contributed by atoms with van der Waals surface area (Å²) in [5.41, 5.74) is 2.39. The highest BCUT2D eigenvalue weighted by molar-refractivity contribution is 7.91. The minimum atomic E-state index is -4.62. The fourth-order valence-electron chi connectivity index (χ4n) is 4.38. The Labute approximate surface area is 254 Å². The Morgan fingerprint density at radius 1 is 0.955 bits per heavy atom. The van der Waals surface area contributed by atoms with Gasteiger partial charge in [0.15, 0.2) is 9.84 Å². The molecule has 232 valence electrons. The number of hydrogen-bond donors (Lipinski definition) is 2. The zero-order chi connectivity index (χ0) is 31.7. The van der Waals surface area contributed by atoms with Crippen LogP contribution in [0.25, 0.3) is 21.3 Å². The average molecular weight is 668 g/mol. The lowest BCUT2D eigenvalue weighted by atomic mass is 10.0. The van der Waals surface area contributed by atoms with Crippen LogP contribution < -0.4 is 9.86 Å². The van der Waals surface area contributed by atoms with E-state index >= 15 is 0 Å². The molecule has 5 rings (SSSR count). The summed E-state index contributed by atoms with van der Waals surface area (Å²) in [7, 11) is -6.75. The summed E-state index contributed by atoms with van der Waals surface area (Å²) in [6, 6.07) is 17.0. The lowest BCUT2D eigenvalue weighted by molar-refractivity contribution is -0.137. The second kappa shape index (κ2) is 12.3. The molecule has 0 spiro atoms. The number of nitrogens with two attached hydrogens (primary N) is 1. The van der Waals surface area contributed by atoms with Gasteiger partial charge in [-0.2, -0.15) is 26.3 Å². The number of ether oxygens (including phenoxy) is 1. The summed E-state index contributed by atoms with van der Waals surface area (Å²) in [6.07, 6.45) is -4.62. The lowest BCUT2D eigenvalue weighted by Crippen LogP contribution is -2.30. The first-order valence-corrected chi connectivity index (χ1v) is 16.8. The van der Waals surface area contributed by atoms with E-state index in [9.17, 15) is 30.0 Å². The summed E-state index contributed by atoms with van der Waals surface area (Å²) < 4.78 is 103. The van der Waals surface area contributed by atoms with Gasteiger partial charge in [-0.1, -0.05) is 42.5 Å². The maximum atomic E-state index is 13.8. The number of fused-ring (bicyclic) bond motifs is 1. The molecular weight excluding hydrogens is 644 g/mol. The van der Waals surface area contributed by atoms with Crippen molar-refractivity contribution in [2.45, 2.75) is 30.3 Å². The molecule has 2 heterocycles. The second-order valence-electron chi connectivity index (χ2n) is 9.63. The van der Waals surface area contributed by atoms with Crippen molar-refractivity contribution >= 4 is 41.6 Å². The molecular formula is C27H24F3N5O6S3. The van der Waals surface area contributed by atoms with Gasteiger partial charge in [-0.3, -0.25) is 0 Å². The Bertz CT molecular complexity index is 1990. The molecule has 0 fully saturated rings. The number of hydrogen-bond acceptors (Lipinski definition) is 10. The number of benzene rings is 3. The van der Waals surface area contributed by atoms with Crippen LogP contribution in [0, 0.1) is 0 Å². The highest BCUT2D eigenvalue weighted by atomic mass is 32.2. The highest BCUT2D eigenvalue weighted by Crippen LogP contribution is 2.39. The van der Waals surface area contributed by atoms with Crippen LogP contribution in [-0.4, -0.2) is 39.1 Å². The average Bonchev–Trinajstić information content (AvgIpc) is 3.57. The third-order valence-corrected chi connectivity index (χ3v) is 10.0. The number of thiazole rings is 1. The molecule has 3 aromatic carbocycles. The van der Waals surface area contributed by atoms with Gasteiger partial charge >= 0.3 is 6.18 Å². The standard InChI is InChI=1S/C27H24F3N5O6S3/c1-40-14-16-2-4-17(5-3-16)19-8-11-21-22(12-19)42-26(33-21)25(18-6-9-20(10-7-18)27(28,29)30)43(36,37)15-24-35-34-23(41-24)13-32-44(31,38)39/h2-12,25,32H,13-15H2,1H3,(H2,31,38,39). The van der Waals surface area contributed by atoms with Crippen molar-refractivity contribution in [1.82, 2.24) is 19.9 Å². The first-order valence-electron chi connectivity index (χ1n) is 12.7. The molecule has 0 saturated heterocycles. The van der Waals surface area contributed by atoms with E-state index in [1.807, 2.05) is 41.1 Å². The van der Waals surface area contributed by atoms with Gasteiger partial charge in [-0.05, 0) is 46.5 Å². The molecule has 44 heavy (non-hydrogen) atoms. The third kappa shape index (κ3) is 7.48. The van der Waals surface area contributed by atoms with Gasteiger partial charge in [0.1, 0.15) is 16.0 Å². The van der Waals surface area contributed by atoms with Crippen LogP contribution in [0.3, 0.4) is 0 Å². The molecule has 2 aromatic heterocycles. The Morgan fingerprint density at radius 3 is 2.25 bits per heavy atom. The number of aromatic nitrogens is 3. The Kier molecular flexibility index (Phi) is 8.88. The lowest BCUT2D eigenvalue weighted by Gasteiger charge is -2.16. The molecule has 11 nitrogen and oxygen atoms in total. The number of rotatable bonds is 11. The van der Waals surface area contributed by atoms with Crippen molar-refractivity contribution < 1.29 is 39.2 Å². The monoisotopic (exact) mass is 667 g/mol. The third-order valence-electron chi connectivity index (χ3n) is 6.39. The molecule has 0 saturated carbocycles. The molecule has 1 unspecified atom stereocenters. The van der Waals surface area contributed by atoms with Gasteiger partial charge in [0.2, 0.25) is 11.8 Å². The van der Waals surface area contributed by atoms with E-state index < -0.39 is 49.3 Å². The zero-order valence-corrected chi connectivity index (χ0v) is 25.2. The SMILES string of the molecule is COCc1ccc(-c2ccc3nc(C(c4ccc(C(F)(F)F)cc4)S(=O)(=O)Cc4nnc(CNS(N)(=O)=O)o4)sc3c2)cc1. The number of methoxy groups -OCH3 is 1. The maximum Gasteiger partial charge on any atom is 0.416 e. The van der Waals surface area contributed by atoms with Gasteiger partial charge in [-0.15, -0.1) is 21.5 Å². The number of nitrogens with one attached hydrogen (secondary N) is 1. The number of sulfone groups is 1. The van der Waals surface area contributed by atoms with Crippen LogP contribution in [0.1, 0.15) is 38.7 Å². The van der Waals surface area contributed by atoms with E-state index in [-0.39, 0.29) is 22.4 Å². The molecule has 17 heteroatoms. The number of alkyl halides is 3. The van der Waals surface area contributed by atoms with Crippen molar-refractivity contribution in [2.24, 2.45) is 5.14 Å². The smallest absolute Gasteiger partial charge is 0.416 e. The van der Waals surface area contributed by atoms with E-state index in [1.165, 1.54) is 0 Å². The first-order chi connectivity index (χ1) is 20.7. The van der Waals surface area contributed by atoms with Crippen LogP contribution >= 0.6 is 11.3 Å². The van der Waals surface area contributed by atoms with Gasteiger partial charge in [0.05, 0.1) is 28.9 Å². The Balaban J connectivity index is 1.51. The van der Waals surface area contributed by atoms with Gasteiger partial charge in [0, 0.05) is 7.11 Å². The summed E-state index contributed by atoms with van der Waals surface area (Å²) >= 11 is 1.09. The maximum absolute atomic E-state index is 13.8. The molecule has 0 amide bonds. The van der Waals surface area contributed by atoms with Crippen LogP contribution in [0.2, 0.25) is 0 Å². The minimum absolute atomic E-state index is 0.0571. The molecule has 1 atom stereocenters. The molecule has 0 bridgehead atoms. The molecule has 0 radical (unpaired) electrons. The highest BCUT2D eigenvalue weighted by Gasteiger charge is 2.36. The summed E-state index contributed by atoms with van der Waals surface area (Å²) in [5, 5.41) is 10.8. The summed E-state index contributed by atoms with van der Waals surface area (Å²) in [5.74, 6) is -1.39. The van der Waals surface area contributed by atoms with Crippen molar-refractivity contribution in [2.75, 3.05) is 7.11 Å². The predicted octanol–water partition coefficient (Wildman–Crippen LogP) is 4.51. The molecule has 0 aliphatic rings. The van der Waals surface area contributed by atoms with E-state index in [0.29, 0.717) is 16.8 Å². The van der Waals surface area contributed by atoms with Crippen LogP contribution in [0.5, 0.6) is 0 Å². The van der Waals surface area contributed by atoms with Crippen LogP contribution in [0.4, 0.5) is 13.2 Å². The topological polar surface area (TPSA) is 167 Å².